The molecule has 0 unspecified atom stereocenters. The molecule has 1 saturated heterocycles. The number of benzene rings is 1. The van der Waals surface area contributed by atoms with Crippen LogP contribution in [0.2, 0.25) is 0 Å². The van der Waals surface area contributed by atoms with Gasteiger partial charge in [0, 0.05) is 24.6 Å². The lowest BCUT2D eigenvalue weighted by Crippen LogP contribution is -2.46. The number of Topliss-reactive ketones (excluding diaryl/α,β-unsaturated/α-hetero) is 1. The maximum Gasteiger partial charge on any atom is 0.471 e. The number of ketones is 1. The standard InChI is InChI=1S/C14H13F4NO2/c15-11-3-1-9(2-4-11)12(20)10-5-7-19(8-6-10)13(21)14(16,17)18/h1-4,10H,5-8H2. The van der Waals surface area contributed by atoms with E-state index in [2.05, 4.69) is 0 Å². The number of alkyl halides is 3. The van der Waals surface area contributed by atoms with Gasteiger partial charge in [0.1, 0.15) is 5.82 Å². The van der Waals surface area contributed by atoms with Crippen LogP contribution in [-0.2, 0) is 4.79 Å². The average Bonchev–Trinajstić information content (AvgIpc) is 2.46. The molecule has 0 spiro atoms. The molecule has 1 aliphatic rings. The van der Waals surface area contributed by atoms with Crippen LogP contribution in [0.15, 0.2) is 24.3 Å². The Bertz CT molecular complexity index is 531. The Balaban J connectivity index is 1.96. The molecule has 1 heterocycles. The summed E-state index contributed by atoms with van der Waals surface area (Å²) in [6.07, 6.45) is -4.52. The number of piperidine rings is 1. The van der Waals surface area contributed by atoms with Crippen molar-refractivity contribution in [1.82, 2.24) is 4.90 Å². The summed E-state index contributed by atoms with van der Waals surface area (Å²) < 4.78 is 49.7. The van der Waals surface area contributed by atoms with E-state index in [1.54, 1.807) is 0 Å². The van der Waals surface area contributed by atoms with Gasteiger partial charge in [-0.3, -0.25) is 9.59 Å². The first-order chi connectivity index (χ1) is 9.79. The summed E-state index contributed by atoms with van der Waals surface area (Å²) in [5.41, 5.74) is 0.331. The van der Waals surface area contributed by atoms with Gasteiger partial charge in [-0.1, -0.05) is 0 Å². The van der Waals surface area contributed by atoms with Gasteiger partial charge in [0.15, 0.2) is 5.78 Å². The van der Waals surface area contributed by atoms with Gasteiger partial charge >= 0.3 is 12.1 Å². The van der Waals surface area contributed by atoms with Crippen molar-refractivity contribution in [1.29, 1.82) is 0 Å². The van der Waals surface area contributed by atoms with Crippen LogP contribution < -0.4 is 0 Å². The highest BCUT2D eigenvalue weighted by Crippen LogP contribution is 2.26. The minimum absolute atomic E-state index is 0.101. The molecule has 114 valence electrons. The molecule has 0 saturated carbocycles. The van der Waals surface area contributed by atoms with E-state index in [0.717, 1.165) is 12.1 Å². The Kier molecular flexibility index (Phi) is 4.29. The molecule has 1 fully saturated rings. The third kappa shape index (κ3) is 3.59. The molecule has 1 aromatic carbocycles. The predicted octanol–water partition coefficient (Wildman–Crippen LogP) is 2.81. The average molecular weight is 303 g/mol. The fourth-order valence-electron chi connectivity index (χ4n) is 2.37. The van der Waals surface area contributed by atoms with Gasteiger partial charge in [-0.15, -0.1) is 0 Å². The summed E-state index contributed by atoms with van der Waals surface area (Å²) >= 11 is 0. The van der Waals surface area contributed by atoms with E-state index in [0.29, 0.717) is 10.5 Å². The van der Waals surface area contributed by atoms with Crippen molar-refractivity contribution in [2.24, 2.45) is 5.92 Å². The second kappa shape index (κ2) is 5.83. The summed E-state index contributed by atoms with van der Waals surface area (Å²) in [5, 5.41) is 0. The molecule has 0 aliphatic carbocycles. The van der Waals surface area contributed by atoms with E-state index >= 15 is 0 Å². The summed E-state index contributed by atoms with van der Waals surface area (Å²) in [5.74, 6) is -2.99. The van der Waals surface area contributed by atoms with Crippen molar-refractivity contribution in [3.63, 3.8) is 0 Å². The van der Waals surface area contributed by atoms with Crippen LogP contribution >= 0.6 is 0 Å². The van der Waals surface area contributed by atoms with Gasteiger partial charge in [-0.2, -0.15) is 13.2 Å². The molecule has 0 aromatic heterocycles. The molecule has 2 rings (SSSR count). The van der Waals surface area contributed by atoms with Gasteiger partial charge in [0.2, 0.25) is 0 Å². The van der Waals surface area contributed by atoms with E-state index in [-0.39, 0.29) is 31.7 Å². The second-order valence-electron chi connectivity index (χ2n) is 4.94. The Hall–Kier alpha value is -1.92. The van der Waals surface area contributed by atoms with Crippen molar-refractivity contribution >= 4 is 11.7 Å². The first kappa shape index (κ1) is 15.5. The molecule has 0 N–H and O–H groups in total. The van der Waals surface area contributed by atoms with Gasteiger partial charge < -0.3 is 4.90 Å². The third-order valence-electron chi connectivity index (χ3n) is 3.52. The fraction of sp³-hybridized carbons (Fsp3) is 0.429. The molecule has 1 amide bonds. The van der Waals surface area contributed by atoms with E-state index < -0.39 is 23.8 Å². The van der Waals surface area contributed by atoms with Crippen molar-refractivity contribution < 1.29 is 27.2 Å². The molecular formula is C14H13F4NO2. The van der Waals surface area contributed by atoms with Crippen molar-refractivity contribution in [2.75, 3.05) is 13.1 Å². The number of carbonyl (C=O) groups is 2. The molecule has 21 heavy (non-hydrogen) atoms. The maximum atomic E-state index is 12.8. The lowest BCUT2D eigenvalue weighted by Gasteiger charge is -2.31. The second-order valence-corrected chi connectivity index (χ2v) is 4.94. The number of rotatable bonds is 2. The van der Waals surface area contributed by atoms with E-state index in [1.165, 1.54) is 12.1 Å². The number of nitrogens with zero attached hydrogens (tertiary/aromatic N) is 1. The molecular weight excluding hydrogens is 290 g/mol. The maximum absolute atomic E-state index is 12.8. The molecule has 0 atom stereocenters. The van der Waals surface area contributed by atoms with Gasteiger partial charge in [0.05, 0.1) is 0 Å². The molecule has 3 nitrogen and oxygen atoms in total. The van der Waals surface area contributed by atoms with Gasteiger partial charge in [-0.05, 0) is 37.1 Å². The Morgan fingerprint density at radius 1 is 1.05 bits per heavy atom. The molecule has 0 radical (unpaired) electrons. The third-order valence-corrected chi connectivity index (χ3v) is 3.52. The fourth-order valence-corrected chi connectivity index (χ4v) is 2.37. The van der Waals surface area contributed by atoms with Crippen molar-refractivity contribution in [2.45, 2.75) is 19.0 Å². The Morgan fingerprint density at radius 2 is 1.57 bits per heavy atom. The van der Waals surface area contributed by atoms with Crippen molar-refractivity contribution in [3.05, 3.63) is 35.6 Å². The predicted molar refractivity (Wildman–Crippen MR) is 66.1 cm³/mol. The van der Waals surface area contributed by atoms with E-state index in [9.17, 15) is 27.2 Å². The van der Waals surface area contributed by atoms with Crippen LogP contribution in [0, 0.1) is 11.7 Å². The topological polar surface area (TPSA) is 37.4 Å². The van der Waals surface area contributed by atoms with Gasteiger partial charge in [-0.25, -0.2) is 4.39 Å². The first-order valence-electron chi connectivity index (χ1n) is 6.45. The lowest BCUT2D eigenvalue weighted by molar-refractivity contribution is -0.186. The monoisotopic (exact) mass is 303 g/mol. The summed E-state index contributed by atoms with van der Waals surface area (Å²) in [6.45, 7) is -0.202. The van der Waals surface area contributed by atoms with Crippen LogP contribution in [0.3, 0.4) is 0 Å². The Labute approximate surface area is 118 Å². The summed E-state index contributed by atoms with van der Waals surface area (Å²) in [4.78, 5) is 23.9. The first-order valence-corrected chi connectivity index (χ1v) is 6.45. The van der Waals surface area contributed by atoms with Gasteiger partial charge in [0.25, 0.3) is 0 Å². The van der Waals surface area contributed by atoms with Crippen molar-refractivity contribution in [3.8, 4) is 0 Å². The number of hydrogen-bond donors (Lipinski definition) is 0. The normalized spacial score (nSPS) is 16.9. The van der Waals surface area contributed by atoms with E-state index in [1.807, 2.05) is 0 Å². The smallest absolute Gasteiger partial charge is 0.335 e. The number of amides is 1. The zero-order valence-electron chi connectivity index (χ0n) is 11.0. The molecule has 1 aromatic rings. The lowest BCUT2D eigenvalue weighted by atomic mass is 9.89. The minimum Gasteiger partial charge on any atom is -0.335 e. The Morgan fingerprint density at radius 3 is 2.05 bits per heavy atom. The van der Waals surface area contributed by atoms with Crippen LogP contribution in [0.1, 0.15) is 23.2 Å². The zero-order valence-corrected chi connectivity index (χ0v) is 11.0. The summed E-state index contributed by atoms with van der Waals surface area (Å²) in [6, 6.07) is 5.03. The molecule has 1 aliphatic heterocycles. The number of hydrogen-bond acceptors (Lipinski definition) is 2. The molecule has 0 bridgehead atoms. The number of carbonyl (C=O) groups excluding carboxylic acids is 2. The quantitative estimate of drug-likeness (QED) is 0.622. The highest BCUT2D eigenvalue weighted by atomic mass is 19.4. The SMILES string of the molecule is O=C(c1ccc(F)cc1)C1CCN(C(=O)C(F)(F)F)CC1. The molecule has 7 heteroatoms. The summed E-state index contributed by atoms with van der Waals surface area (Å²) in [7, 11) is 0. The van der Waals surface area contributed by atoms with Crippen LogP contribution in [-0.4, -0.2) is 35.9 Å². The van der Waals surface area contributed by atoms with Crippen LogP contribution in [0.5, 0.6) is 0 Å². The zero-order chi connectivity index (χ0) is 15.6. The van der Waals surface area contributed by atoms with Crippen LogP contribution in [0.4, 0.5) is 17.6 Å². The minimum atomic E-state index is -4.88. The largest absolute Gasteiger partial charge is 0.471 e. The number of halogens is 4. The highest BCUT2D eigenvalue weighted by Gasteiger charge is 2.43. The highest BCUT2D eigenvalue weighted by molar-refractivity contribution is 5.98. The number of likely N-dealkylation sites (tertiary alicyclic amines) is 1. The van der Waals surface area contributed by atoms with E-state index in [4.69, 9.17) is 0 Å². The van der Waals surface area contributed by atoms with Crippen LogP contribution in [0.25, 0.3) is 0 Å².